The average Bonchev–Trinajstić information content (AvgIpc) is 2.51. The van der Waals surface area contributed by atoms with E-state index < -0.39 is 12.4 Å². The number of rotatable bonds is 9. The topological polar surface area (TPSA) is 88.0 Å². The van der Waals surface area contributed by atoms with Crippen LogP contribution in [0.1, 0.15) is 18.9 Å². The number of ether oxygens (including phenoxy) is 2. The summed E-state index contributed by atoms with van der Waals surface area (Å²) in [5.74, 6) is 0.476. The van der Waals surface area contributed by atoms with Gasteiger partial charge in [0.1, 0.15) is 24.7 Å². The van der Waals surface area contributed by atoms with Gasteiger partial charge < -0.3 is 29.8 Å². The molecule has 0 heterocycles. The lowest BCUT2D eigenvalue weighted by molar-refractivity contribution is -0.151. The van der Waals surface area contributed by atoms with Gasteiger partial charge in [0.05, 0.1) is 12.3 Å². The standard InChI is InChI=1S/C14H21NO5/c1-3-11(8-17)19-14(9-18)20-13-5-4-10(7-16)6-12(13)15-2/h4-6,8,11,14-16,18H,3,7,9H2,1-2H3. The Morgan fingerprint density at radius 3 is 2.65 bits per heavy atom. The second-order valence-electron chi connectivity index (χ2n) is 4.19. The molecule has 0 aromatic heterocycles. The van der Waals surface area contributed by atoms with Crippen LogP contribution < -0.4 is 10.1 Å². The van der Waals surface area contributed by atoms with Gasteiger partial charge in [0.2, 0.25) is 6.29 Å². The summed E-state index contributed by atoms with van der Waals surface area (Å²) in [5, 5.41) is 21.3. The molecule has 2 atom stereocenters. The number of benzene rings is 1. The minimum absolute atomic E-state index is 0.0715. The monoisotopic (exact) mass is 283 g/mol. The van der Waals surface area contributed by atoms with Crippen molar-refractivity contribution in [2.75, 3.05) is 19.0 Å². The van der Waals surface area contributed by atoms with Gasteiger partial charge in [-0.2, -0.15) is 0 Å². The van der Waals surface area contributed by atoms with E-state index in [-0.39, 0.29) is 13.2 Å². The predicted octanol–water partition coefficient (Wildman–Crippen LogP) is 0.912. The smallest absolute Gasteiger partial charge is 0.224 e. The average molecular weight is 283 g/mol. The summed E-state index contributed by atoms with van der Waals surface area (Å²) < 4.78 is 10.9. The molecule has 0 radical (unpaired) electrons. The highest BCUT2D eigenvalue weighted by atomic mass is 16.7. The molecule has 0 amide bonds. The maximum Gasteiger partial charge on any atom is 0.224 e. The Balaban J connectivity index is 2.81. The number of nitrogens with one attached hydrogen (secondary N) is 1. The van der Waals surface area contributed by atoms with Gasteiger partial charge in [0.15, 0.2) is 0 Å². The third kappa shape index (κ3) is 4.48. The van der Waals surface area contributed by atoms with Crippen molar-refractivity contribution in [3.8, 4) is 5.75 Å². The number of aldehydes is 1. The summed E-state index contributed by atoms with van der Waals surface area (Å²) in [6, 6.07) is 5.12. The molecule has 6 heteroatoms. The Bertz CT molecular complexity index is 424. The molecule has 6 nitrogen and oxygen atoms in total. The second-order valence-corrected chi connectivity index (χ2v) is 4.19. The normalized spacial score (nSPS) is 13.6. The molecule has 1 aromatic rings. The Kier molecular flexibility index (Phi) is 7.00. The van der Waals surface area contributed by atoms with E-state index in [4.69, 9.17) is 14.6 Å². The molecule has 112 valence electrons. The molecular formula is C14H21NO5. The van der Waals surface area contributed by atoms with Crippen LogP contribution in [0.2, 0.25) is 0 Å². The lowest BCUT2D eigenvalue weighted by Crippen LogP contribution is -2.31. The van der Waals surface area contributed by atoms with Crippen LogP contribution in [-0.4, -0.2) is 42.5 Å². The van der Waals surface area contributed by atoms with E-state index in [9.17, 15) is 9.90 Å². The third-order valence-corrected chi connectivity index (χ3v) is 2.78. The maximum absolute atomic E-state index is 10.7. The van der Waals surface area contributed by atoms with Crippen molar-refractivity contribution in [1.82, 2.24) is 0 Å². The van der Waals surface area contributed by atoms with E-state index in [1.54, 1.807) is 25.2 Å². The molecule has 0 aliphatic heterocycles. The lowest BCUT2D eigenvalue weighted by atomic mass is 10.2. The van der Waals surface area contributed by atoms with Crippen molar-refractivity contribution in [2.24, 2.45) is 0 Å². The fraction of sp³-hybridized carbons (Fsp3) is 0.500. The largest absolute Gasteiger partial charge is 0.460 e. The number of aliphatic hydroxyl groups is 2. The van der Waals surface area contributed by atoms with Crippen LogP contribution in [0.4, 0.5) is 5.69 Å². The molecule has 0 saturated heterocycles. The van der Waals surface area contributed by atoms with Gasteiger partial charge >= 0.3 is 0 Å². The first-order valence-corrected chi connectivity index (χ1v) is 6.48. The molecular weight excluding hydrogens is 262 g/mol. The first-order valence-electron chi connectivity index (χ1n) is 6.48. The van der Waals surface area contributed by atoms with Gasteiger partial charge in [-0.1, -0.05) is 13.0 Å². The van der Waals surface area contributed by atoms with Crippen molar-refractivity contribution < 1.29 is 24.5 Å². The number of hydrogen-bond donors (Lipinski definition) is 3. The van der Waals surface area contributed by atoms with Crippen LogP contribution in [0.25, 0.3) is 0 Å². The predicted molar refractivity (Wildman–Crippen MR) is 74.6 cm³/mol. The van der Waals surface area contributed by atoms with E-state index in [1.165, 1.54) is 0 Å². The molecule has 1 rings (SSSR count). The van der Waals surface area contributed by atoms with Gasteiger partial charge in [-0.15, -0.1) is 0 Å². The molecule has 1 aromatic carbocycles. The van der Waals surface area contributed by atoms with Gasteiger partial charge in [-0.05, 0) is 24.1 Å². The van der Waals surface area contributed by atoms with Crippen LogP contribution >= 0.6 is 0 Å². The SMILES string of the molecule is CCC(C=O)OC(CO)Oc1ccc(CO)cc1NC. The molecule has 0 aliphatic rings. The highest BCUT2D eigenvalue weighted by Crippen LogP contribution is 2.26. The van der Waals surface area contributed by atoms with Crippen molar-refractivity contribution >= 4 is 12.0 Å². The van der Waals surface area contributed by atoms with Gasteiger partial charge in [0, 0.05) is 7.05 Å². The van der Waals surface area contributed by atoms with Crippen molar-refractivity contribution in [2.45, 2.75) is 32.3 Å². The van der Waals surface area contributed by atoms with E-state index in [2.05, 4.69) is 5.32 Å². The van der Waals surface area contributed by atoms with E-state index in [1.807, 2.05) is 6.92 Å². The highest BCUT2D eigenvalue weighted by molar-refractivity contribution is 5.58. The zero-order valence-corrected chi connectivity index (χ0v) is 11.7. The minimum Gasteiger partial charge on any atom is -0.460 e. The quantitative estimate of drug-likeness (QED) is 0.461. The fourth-order valence-corrected chi connectivity index (χ4v) is 1.64. The third-order valence-electron chi connectivity index (χ3n) is 2.78. The van der Waals surface area contributed by atoms with Crippen LogP contribution in [-0.2, 0) is 16.1 Å². The summed E-state index contributed by atoms with van der Waals surface area (Å²) in [6.07, 6.45) is -0.343. The molecule has 0 aliphatic carbocycles. The number of carbonyl (C=O) groups is 1. The summed E-state index contributed by atoms with van der Waals surface area (Å²) >= 11 is 0. The number of anilines is 1. The van der Waals surface area contributed by atoms with E-state index in [0.29, 0.717) is 24.1 Å². The first-order chi connectivity index (χ1) is 9.68. The lowest BCUT2D eigenvalue weighted by Gasteiger charge is -2.22. The Labute approximate surface area is 118 Å². The first kappa shape index (κ1) is 16.4. The molecule has 0 spiro atoms. The second kappa shape index (κ2) is 8.52. The Morgan fingerprint density at radius 2 is 2.15 bits per heavy atom. The summed E-state index contributed by atoms with van der Waals surface area (Å²) in [4.78, 5) is 10.7. The van der Waals surface area contributed by atoms with Crippen LogP contribution in [0.15, 0.2) is 18.2 Å². The molecule has 3 N–H and O–H groups in total. The Morgan fingerprint density at radius 1 is 1.40 bits per heavy atom. The molecule has 20 heavy (non-hydrogen) atoms. The molecule has 0 bridgehead atoms. The van der Waals surface area contributed by atoms with Crippen LogP contribution in [0, 0.1) is 0 Å². The zero-order chi connectivity index (χ0) is 15.0. The number of carbonyl (C=O) groups excluding carboxylic acids is 1. The summed E-state index contributed by atoms with van der Waals surface area (Å²) in [6.45, 7) is 1.37. The van der Waals surface area contributed by atoms with Crippen molar-refractivity contribution in [3.05, 3.63) is 23.8 Å². The molecule has 0 fully saturated rings. The van der Waals surface area contributed by atoms with Gasteiger partial charge in [0.25, 0.3) is 0 Å². The van der Waals surface area contributed by atoms with Gasteiger partial charge in [-0.3, -0.25) is 0 Å². The number of hydrogen-bond acceptors (Lipinski definition) is 6. The Hall–Kier alpha value is -1.63. The van der Waals surface area contributed by atoms with E-state index >= 15 is 0 Å². The zero-order valence-electron chi connectivity index (χ0n) is 11.7. The fourth-order valence-electron chi connectivity index (χ4n) is 1.64. The van der Waals surface area contributed by atoms with Crippen molar-refractivity contribution in [3.63, 3.8) is 0 Å². The van der Waals surface area contributed by atoms with Gasteiger partial charge in [-0.25, -0.2) is 0 Å². The molecule has 2 unspecified atom stereocenters. The van der Waals surface area contributed by atoms with Crippen LogP contribution in [0.3, 0.4) is 0 Å². The van der Waals surface area contributed by atoms with E-state index in [0.717, 1.165) is 5.56 Å². The maximum atomic E-state index is 10.7. The molecule has 0 saturated carbocycles. The minimum atomic E-state index is -0.919. The summed E-state index contributed by atoms with van der Waals surface area (Å²) in [7, 11) is 1.72. The van der Waals surface area contributed by atoms with Crippen LogP contribution in [0.5, 0.6) is 5.75 Å². The number of aliphatic hydroxyl groups excluding tert-OH is 2. The summed E-state index contributed by atoms with van der Waals surface area (Å²) in [5.41, 5.74) is 1.40. The highest BCUT2D eigenvalue weighted by Gasteiger charge is 2.17. The van der Waals surface area contributed by atoms with Crippen molar-refractivity contribution in [1.29, 1.82) is 0 Å².